The lowest BCUT2D eigenvalue weighted by atomic mass is 10.2. The number of imide groups is 1. The maximum absolute atomic E-state index is 12.8. The van der Waals surface area contributed by atoms with E-state index in [-0.39, 0.29) is 27.1 Å². The van der Waals surface area contributed by atoms with Gasteiger partial charge in [-0.25, -0.2) is 0 Å². The van der Waals surface area contributed by atoms with Gasteiger partial charge in [0.25, 0.3) is 11.1 Å². The largest absolute Gasteiger partial charge is 0.377 e. The first-order chi connectivity index (χ1) is 16.1. The number of hydrogen-bond donors (Lipinski definition) is 0. The van der Waals surface area contributed by atoms with Crippen molar-refractivity contribution >= 4 is 73.9 Å². The van der Waals surface area contributed by atoms with Gasteiger partial charge in [-0.3, -0.25) is 14.5 Å². The molecule has 1 fully saturated rings. The molecule has 0 unspecified atom stereocenters. The molecule has 6 nitrogen and oxygen atoms in total. The number of thioether (sulfide) groups is 1. The molecule has 2 amide bonds. The van der Waals surface area contributed by atoms with Gasteiger partial charge in [-0.2, -0.15) is 8.42 Å². The second-order valence-electron chi connectivity index (χ2n) is 7.08. The first-order valence-corrected chi connectivity index (χ1v) is 13.0. The highest BCUT2D eigenvalue weighted by Gasteiger charge is 2.35. The SMILES string of the molecule is O=C1S/C(=C\c2ccc(OS(=O)(=O)c3ccc(Cl)cc3)c(Cl)c2)C(=O)N1Cc1cccc(Cl)c1. The number of benzene rings is 3. The van der Waals surface area contributed by atoms with Gasteiger partial charge in [0.15, 0.2) is 5.75 Å². The highest BCUT2D eigenvalue weighted by Crippen LogP contribution is 2.35. The summed E-state index contributed by atoms with van der Waals surface area (Å²) >= 11 is 18.8. The fourth-order valence-corrected chi connectivity index (χ4v) is 5.45. The zero-order valence-corrected chi connectivity index (χ0v) is 21.0. The van der Waals surface area contributed by atoms with Crippen molar-refractivity contribution in [3.8, 4) is 5.75 Å². The number of halogens is 3. The average molecular weight is 555 g/mol. The lowest BCUT2D eigenvalue weighted by molar-refractivity contribution is -0.123. The molecule has 1 aliphatic heterocycles. The van der Waals surface area contributed by atoms with Crippen LogP contribution >= 0.6 is 46.6 Å². The Hall–Kier alpha value is -2.49. The molecule has 0 spiro atoms. The summed E-state index contributed by atoms with van der Waals surface area (Å²) in [6.07, 6.45) is 1.51. The molecule has 0 aliphatic carbocycles. The van der Waals surface area contributed by atoms with Crippen molar-refractivity contribution < 1.29 is 22.2 Å². The molecule has 0 saturated carbocycles. The van der Waals surface area contributed by atoms with E-state index in [0.29, 0.717) is 15.6 Å². The van der Waals surface area contributed by atoms with Crippen LogP contribution in [-0.2, 0) is 21.5 Å². The van der Waals surface area contributed by atoms with Crippen LogP contribution in [0.25, 0.3) is 6.08 Å². The number of carbonyl (C=O) groups is 2. The molecule has 3 aromatic carbocycles. The van der Waals surface area contributed by atoms with Gasteiger partial charge < -0.3 is 4.18 Å². The van der Waals surface area contributed by atoms with Crippen LogP contribution in [0.2, 0.25) is 15.1 Å². The molecule has 1 aliphatic rings. The minimum absolute atomic E-state index is 0.0180. The van der Waals surface area contributed by atoms with Crippen LogP contribution in [-0.4, -0.2) is 24.5 Å². The lowest BCUT2D eigenvalue weighted by Gasteiger charge is -2.12. The summed E-state index contributed by atoms with van der Waals surface area (Å²) < 4.78 is 30.1. The molecule has 34 heavy (non-hydrogen) atoms. The van der Waals surface area contributed by atoms with Gasteiger partial charge >= 0.3 is 10.1 Å². The predicted octanol–water partition coefficient (Wildman–Crippen LogP) is 6.65. The zero-order chi connectivity index (χ0) is 24.5. The summed E-state index contributed by atoms with van der Waals surface area (Å²) in [5.74, 6) is -0.528. The molecule has 3 aromatic rings. The second-order valence-corrected chi connectivity index (χ2v) is 10.9. The third-order valence-corrected chi connectivity index (χ3v) is 7.60. The highest BCUT2D eigenvalue weighted by atomic mass is 35.5. The van der Waals surface area contributed by atoms with Crippen molar-refractivity contribution in [3.05, 3.63) is 97.8 Å². The maximum atomic E-state index is 12.8. The Balaban J connectivity index is 1.51. The van der Waals surface area contributed by atoms with Crippen LogP contribution < -0.4 is 4.18 Å². The van der Waals surface area contributed by atoms with Gasteiger partial charge in [-0.15, -0.1) is 0 Å². The zero-order valence-electron chi connectivity index (χ0n) is 17.1. The summed E-state index contributed by atoms with van der Waals surface area (Å²) in [6, 6.07) is 16.8. The van der Waals surface area contributed by atoms with Crippen molar-refractivity contribution in [2.75, 3.05) is 0 Å². The summed E-state index contributed by atoms with van der Waals surface area (Å²) in [5.41, 5.74) is 1.22. The fourth-order valence-electron chi connectivity index (χ4n) is 3.05. The molecule has 0 N–H and O–H groups in total. The van der Waals surface area contributed by atoms with Gasteiger partial charge in [0.1, 0.15) is 4.90 Å². The minimum atomic E-state index is -4.12. The van der Waals surface area contributed by atoms with Crippen LogP contribution in [0, 0.1) is 0 Å². The maximum Gasteiger partial charge on any atom is 0.339 e. The smallest absolute Gasteiger partial charge is 0.339 e. The van der Waals surface area contributed by atoms with E-state index in [1.54, 1.807) is 24.3 Å². The minimum Gasteiger partial charge on any atom is -0.377 e. The Morgan fingerprint density at radius 1 is 0.912 bits per heavy atom. The van der Waals surface area contributed by atoms with E-state index < -0.39 is 21.3 Å². The van der Waals surface area contributed by atoms with Crippen molar-refractivity contribution in [1.82, 2.24) is 4.90 Å². The van der Waals surface area contributed by atoms with E-state index in [0.717, 1.165) is 22.2 Å². The normalized spacial score (nSPS) is 15.3. The number of amides is 2. The van der Waals surface area contributed by atoms with Crippen LogP contribution in [0.1, 0.15) is 11.1 Å². The van der Waals surface area contributed by atoms with E-state index in [9.17, 15) is 18.0 Å². The van der Waals surface area contributed by atoms with E-state index in [1.165, 1.54) is 48.5 Å². The third kappa shape index (κ3) is 5.59. The standard InChI is InChI=1S/C23H14Cl3NO5S2/c24-16-5-7-18(8-6-16)34(30,31)32-20-9-4-14(11-19(20)26)12-21-22(28)27(23(29)33-21)13-15-2-1-3-17(25)10-15/h1-12H,13H2/b21-12-. The molecule has 0 atom stereocenters. The van der Waals surface area contributed by atoms with Crippen molar-refractivity contribution in [2.24, 2.45) is 0 Å². The Morgan fingerprint density at radius 3 is 2.32 bits per heavy atom. The second kappa shape index (κ2) is 10.0. The fraction of sp³-hybridized carbons (Fsp3) is 0.0435. The van der Waals surface area contributed by atoms with E-state index >= 15 is 0 Å². The summed E-state index contributed by atoms with van der Waals surface area (Å²) in [7, 11) is -4.12. The monoisotopic (exact) mass is 553 g/mol. The van der Waals surface area contributed by atoms with E-state index in [4.69, 9.17) is 39.0 Å². The quantitative estimate of drug-likeness (QED) is 0.251. The van der Waals surface area contributed by atoms with Gasteiger partial charge in [-0.05, 0) is 77.5 Å². The number of rotatable bonds is 6. The third-order valence-electron chi connectivity index (χ3n) is 4.66. The molecule has 1 heterocycles. The summed E-state index contributed by atoms with van der Waals surface area (Å²) in [4.78, 5) is 26.4. The van der Waals surface area contributed by atoms with Crippen molar-refractivity contribution in [1.29, 1.82) is 0 Å². The molecule has 0 radical (unpaired) electrons. The van der Waals surface area contributed by atoms with Crippen molar-refractivity contribution in [3.63, 3.8) is 0 Å². The predicted molar refractivity (Wildman–Crippen MR) is 134 cm³/mol. The van der Waals surface area contributed by atoms with Gasteiger partial charge in [0.2, 0.25) is 0 Å². The van der Waals surface area contributed by atoms with E-state index in [1.807, 2.05) is 0 Å². The number of nitrogens with zero attached hydrogens (tertiary/aromatic N) is 1. The number of carbonyl (C=O) groups excluding carboxylic acids is 2. The first-order valence-electron chi connectivity index (χ1n) is 9.62. The number of hydrogen-bond acceptors (Lipinski definition) is 6. The topological polar surface area (TPSA) is 80.8 Å². The van der Waals surface area contributed by atoms with Gasteiger partial charge in [0.05, 0.1) is 16.5 Å². The van der Waals surface area contributed by atoms with Crippen LogP contribution in [0.15, 0.2) is 76.5 Å². The highest BCUT2D eigenvalue weighted by molar-refractivity contribution is 8.18. The van der Waals surface area contributed by atoms with Crippen LogP contribution in [0.3, 0.4) is 0 Å². The molecular weight excluding hydrogens is 541 g/mol. The Morgan fingerprint density at radius 2 is 1.65 bits per heavy atom. The first kappa shape index (κ1) is 24.6. The van der Waals surface area contributed by atoms with Gasteiger partial charge in [-0.1, -0.05) is 53.0 Å². The molecular formula is C23H14Cl3NO5S2. The average Bonchev–Trinajstić information content (AvgIpc) is 3.03. The Bertz CT molecular complexity index is 1420. The Labute approximate surface area is 215 Å². The van der Waals surface area contributed by atoms with Crippen molar-refractivity contribution in [2.45, 2.75) is 11.4 Å². The lowest BCUT2D eigenvalue weighted by Crippen LogP contribution is -2.27. The molecule has 0 bridgehead atoms. The molecule has 4 rings (SSSR count). The molecule has 0 aromatic heterocycles. The van der Waals surface area contributed by atoms with Crippen LogP contribution in [0.4, 0.5) is 4.79 Å². The molecule has 1 saturated heterocycles. The van der Waals surface area contributed by atoms with Crippen LogP contribution in [0.5, 0.6) is 5.75 Å². The van der Waals surface area contributed by atoms with Gasteiger partial charge in [0, 0.05) is 10.0 Å². The molecule has 11 heteroatoms. The van der Waals surface area contributed by atoms with E-state index in [2.05, 4.69) is 0 Å². The Kier molecular flexibility index (Phi) is 7.25. The molecule has 174 valence electrons. The summed E-state index contributed by atoms with van der Waals surface area (Å²) in [6.45, 7) is 0.0959. The summed E-state index contributed by atoms with van der Waals surface area (Å²) in [5, 5.41) is 0.508.